The van der Waals surface area contributed by atoms with Gasteiger partial charge in [-0.05, 0) is 92.5 Å². The van der Waals surface area contributed by atoms with Crippen molar-refractivity contribution in [1.29, 1.82) is 0 Å². The van der Waals surface area contributed by atoms with Crippen LogP contribution in [0.4, 0.5) is 17.1 Å². The zero-order valence-electron chi connectivity index (χ0n) is 33.2. The van der Waals surface area contributed by atoms with E-state index < -0.39 is 0 Å². The van der Waals surface area contributed by atoms with Gasteiger partial charge in [0.05, 0.1) is 22.4 Å². The standard InChI is InChI=1S/C57H42N2/c1-57(2)50-33-14-11-27-45(50)49-32-19-37-54(56(49)57)59(42-25-17-24-41(38-42)58-51-34-15-12-28-46(51)47-29-13-16-35-52(47)58)53-36-18-31-44(40-22-7-4-8-23-40)55(53)48-30-10-9-26-43(48)39-20-5-3-6-21-39/h3-38H,1-2H3. The van der Waals surface area contributed by atoms with Crippen molar-refractivity contribution in [3.8, 4) is 50.2 Å². The number of fused-ring (bicyclic) bond motifs is 6. The van der Waals surface area contributed by atoms with Crippen LogP contribution in [0.3, 0.4) is 0 Å². The molecule has 9 aromatic carbocycles. The average molecular weight is 755 g/mol. The van der Waals surface area contributed by atoms with Crippen LogP contribution in [0.1, 0.15) is 25.0 Å². The highest BCUT2D eigenvalue weighted by Gasteiger charge is 2.39. The summed E-state index contributed by atoms with van der Waals surface area (Å²) in [5, 5.41) is 2.50. The van der Waals surface area contributed by atoms with Gasteiger partial charge in [-0.3, -0.25) is 0 Å². The normalized spacial score (nSPS) is 12.7. The molecule has 0 saturated heterocycles. The van der Waals surface area contributed by atoms with E-state index in [-0.39, 0.29) is 5.41 Å². The van der Waals surface area contributed by atoms with Gasteiger partial charge in [0, 0.05) is 33.1 Å². The number of hydrogen-bond acceptors (Lipinski definition) is 1. The van der Waals surface area contributed by atoms with Gasteiger partial charge in [0.15, 0.2) is 0 Å². The summed E-state index contributed by atoms with van der Waals surface area (Å²) in [6, 6.07) is 80.0. The molecule has 59 heavy (non-hydrogen) atoms. The fourth-order valence-electron chi connectivity index (χ4n) is 9.82. The van der Waals surface area contributed by atoms with Crippen molar-refractivity contribution in [3.05, 3.63) is 230 Å². The van der Waals surface area contributed by atoms with Gasteiger partial charge < -0.3 is 9.47 Å². The molecule has 0 bridgehead atoms. The van der Waals surface area contributed by atoms with E-state index in [1.807, 2.05) is 0 Å². The maximum absolute atomic E-state index is 2.55. The Kier molecular flexibility index (Phi) is 8.20. The van der Waals surface area contributed by atoms with Crippen LogP contribution in [0.25, 0.3) is 72.0 Å². The molecule has 0 amide bonds. The Labute approximate surface area is 345 Å². The summed E-state index contributed by atoms with van der Waals surface area (Å²) >= 11 is 0. The van der Waals surface area contributed by atoms with Crippen LogP contribution in [0.5, 0.6) is 0 Å². The van der Waals surface area contributed by atoms with E-state index in [1.54, 1.807) is 0 Å². The lowest BCUT2D eigenvalue weighted by molar-refractivity contribution is 0.661. The number of rotatable bonds is 7. The summed E-state index contributed by atoms with van der Waals surface area (Å²) in [6.45, 7) is 4.78. The minimum absolute atomic E-state index is 0.246. The van der Waals surface area contributed by atoms with Crippen LogP contribution in [0.15, 0.2) is 218 Å². The predicted octanol–water partition coefficient (Wildman–Crippen LogP) is 15.6. The van der Waals surface area contributed by atoms with Gasteiger partial charge in [0.25, 0.3) is 0 Å². The largest absolute Gasteiger partial charge is 0.309 e. The molecule has 0 spiro atoms. The molecule has 0 fully saturated rings. The molecule has 1 heterocycles. The van der Waals surface area contributed by atoms with E-state index in [1.165, 1.54) is 83.1 Å². The van der Waals surface area contributed by atoms with Crippen molar-refractivity contribution < 1.29 is 0 Å². The van der Waals surface area contributed by atoms with Crippen LogP contribution in [-0.4, -0.2) is 4.57 Å². The maximum atomic E-state index is 2.55. The zero-order valence-corrected chi connectivity index (χ0v) is 33.2. The van der Waals surface area contributed by atoms with Crippen molar-refractivity contribution in [1.82, 2.24) is 4.57 Å². The van der Waals surface area contributed by atoms with E-state index in [0.29, 0.717) is 0 Å². The van der Waals surface area contributed by atoms with Gasteiger partial charge >= 0.3 is 0 Å². The summed E-state index contributed by atoms with van der Waals surface area (Å²) in [5.74, 6) is 0. The van der Waals surface area contributed by atoms with E-state index in [4.69, 9.17) is 0 Å². The monoisotopic (exact) mass is 754 g/mol. The number of aromatic nitrogens is 1. The summed E-state index contributed by atoms with van der Waals surface area (Å²) in [7, 11) is 0. The second kappa shape index (κ2) is 13.9. The van der Waals surface area contributed by atoms with Crippen molar-refractivity contribution in [3.63, 3.8) is 0 Å². The molecule has 11 rings (SSSR count). The molecule has 0 unspecified atom stereocenters. The fraction of sp³-hybridized carbons (Fsp3) is 0.0526. The van der Waals surface area contributed by atoms with Gasteiger partial charge in [-0.2, -0.15) is 0 Å². The molecule has 1 aliphatic rings. The maximum Gasteiger partial charge on any atom is 0.0546 e. The number of benzene rings is 9. The van der Waals surface area contributed by atoms with Gasteiger partial charge in [0.1, 0.15) is 0 Å². The molecule has 0 N–H and O–H groups in total. The summed E-state index contributed by atoms with van der Waals surface area (Å²) in [4.78, 5) is 2.55. The van der Waals surface area contributed by atoms with E-state index >= 15 is 0 Å². The molecule has 1 aromatic heterocycles. The number of hydrogen-bond donors (Lipinski definition) is 0. The highest BCUT2D eigenvalue weighted by atomic mass is 15.2. The third kappa shape index (κ3) is 5.56. The fourth-order valence-corrected chi connectivity index (χ4v) is 9.82. The van der Waals surface area contributed by atoms with E-state index in [2.05, 4.69) is 242 Å². The summed E-state index contributed by atoms with van der Waals surface area (Å²) < 4.78 is 2.42. The Morgan fingerprint density at radius 2 is 0.898 bits per heavy atom. The Morgan fingerprint density at radius 3 is 1.59 bits per heavy atom. The first-order valence-electron chi connectivity index (χ1n) is 20.5. The molecular weight excluding hydrogens is 713 g/mol. The van der Waals surface area contributed by atoms with Crippen LogP contribution < -0.4 is 4.90 Å². The molecule has 2 heteroatoms. The van der Waals surface area contributed by atoms with Crippen molar-refractivity contribution >= 4 is 38.9 Å². The molecule has 0 radical (unpaired) electrons. The second-order valence-corrected chi connectivity index (χ2v) is 16.1. The Bertz CT molecular complexity index is 3140. The summed E-state index contributed by atoms with van der Waals surface area (Å²) in [5.41, 5.74) is 19.0. The van der Waals surface area contributed by atoms with Crippen LogP contribution in [0, 0.1) is 0 Å². The molecule has 2 nitrogen and oxygen atoms in total. The summed E-state index contributed by atoms with van der Waals surface area (Å²) in [6.07, 6.45) is 0. The van der Waals surface area contributed by atoms with Crippen LogP contribution in [-0.2, 0) is 5.41 Å². The Morgan fingerprint density at radius 1 is 0.390 bits per heavy atom. The minimum atomic E-state index is -0.246. The first kappa shape index (κ1) is 34.8. The first-order chi connectivity index (χ1) is 29.1. The van der Waals surface area contributed by atoms with Crippen molar-refractivity contribution in [2.75, 3.05) is 4.90 Å². The molecule has 0 aliphatic heterocycles. The molecule has 0 atom stereocenters. The molecule has 280 valence electrons. The number of anilines is 3. The Hall–Kier alpha value is -7.42. The zero-order chi connectivity index (χ0) is 39.5. The van der Waals surface area contributed by atoms with E-state index in [9.17, 15) is 0 Å². The smallest absolute Gasteiger partial charge is 0.0546 e. The van der Waals surface area contributed by atoms with Gasteiger partial charge in [-0.25, -0.2) is 0 Å². The highest BCUT2D eigenvalue weighted by molar-refractivity contribution is 6.09. The molecule has 1 aliphatic carbocycles. The number of nitrogens with zero attached hydrogens (tertiary/aromatic N) is 2. The SMILES string of the molecule is CC1(C)c2ccccc2-c2cccc(N(c3cccc(-n4c5ccccc5c5ccccc54)c3)c3cccc(-c4ccccc4)c3-c3ccccc3-c3ccccc3)c21. The molecule has 0 saturated carbocycles. The van der Waals surface area contributed by atoms with Gasteiger partial charge in [0.2, 0.25) is 0 Å². The Balaban J connectivity index is 1.24. The lowest BCUT2D eigenvalue weighted by Gasteiger charge is -2.34. The van der Waals surface area contributed by atoms with Crippen LogP contribution in [0.2, 0.25) is 0 Å². The third-order valence-corrected chi connectivity index (χ3v) is 12.4. The minimum Gasteiger partial charge on any atom is -0.309 e. The van der Waals surface area contributed by atoms with Crippen molar-refractivity contribution in [2.45, 2.75) is 19.3 Å². The predicted molar refractivity (Wildman–Crippen MR) is 249 cm³/mol. The first-order valence-corrected chi connectivity index (χ1v) is 20.5. The molecular formula is C57H42N2. The highest BCUT2D eigenvalue weighted by Crippen LogP contribution is 2.56. The van der Waals surface area contributed by atoms with Gasteiger partial charge in [-0.15, -0.1) is 0 Å². The lowest BCUT2D eigenvalue weighted by Crippen LogP contribution is -2.21. The topological polar surface area (TPSA) is 8.17 Å². The second-order valence-electron chi connectivity index (χ2n) is 16.1. The average Bonchev–Trinajstić information content (AvgIpc) is 3.76. The lowest BCUT2D eigenvalue weighted by atomic mass is 9.81. The molecule has 10 aromatic rings. The van der Waals surface area contributed by atoms with Crippen LogP contribution >= 0.6 is 0 Å². The third-order valence-electron chi connectivity index (χ3n) is 12.4. The van der Waals surface area contributed by atoms with Gasteiger partial charge in [-0.1, -0.05) is 190 Å². The quantitative estimate of drug-likeness (QED) is 0.157. The number of para-hydroxylation sites is 2. The van der Waals surface area contributed by atoms with E-state index in [0.717, 1.165) is 17.1 Å². The van der Waals surface area contributed by atoms with Crippen molar-refractivity contribution in [2.24, 2.45) is 0 Å².